The van der Waals surface area contributed by atoms with Gasteiger partial charge >= 0.3 is 0 Å². The van der Waals surface area contributed by atoms with Gasteiger partial charge in [0.15, 0.2) is 0 Å². The molecule has 0 N–H and O–H groups in total. The van der Waals surface area contributed by atoms with Crippen LogP contribution in [0.2, 0.25) is 0 Å². The molecule has 0 radical (unpaired) electrons. The summed E-state index contributed by atoms with van der Waals surface area (Å²) in [4.78, 5) is 12.4. The minimum absolute atomic E-state index is 0.272. The third kappa shape index (κ3) is 3.12. The van der Waals surface area contributed by atoms with Gasteiger partial charge in [-0.25, -0.2) is 0 Å². The number of fused-ring (bicyclic) bond motifs is 5. The van der Waals surface area contributed by atoms with E-state index < -0.39 is 0 Å². The van der Waals surface area contributed by atoms with E-state index in [0.717, 1.165) is 37.2 Å². The van der Waals surface area contributed by atoms with Crippen LogP contribution in [0.1, 0.15) is 77.7 Å². The summed E-state index contributed by atoms with van der Waals surface area (Å²) < 4.78 is 6.56. The molecule has 0 amide bonds. The lowest BCUT2D eigenvalue weighted by atomic mass is 9.44. The first kappa shape index (κ1) is 19.8. The van der Waals surface area contributed by atoms with Crippen molar-refractivity contribution in [3.05, 3.63) is 35.9 Å². The number of carbonyl (C=O) groups is 1. The Morgan fingerprint density at radius 2 is 1.72 bits per heavy atom. The molecule has 0 aromatic heterocycles. The molecule has 0 unspecified atom stereocenters. The largest absolute Gasteiger partial charge is 0.373 e. The first-order valence-electron chi connectivity index (χ1n) is 12.1. The molecule has 0 bridgehead atoms. The third-order valence-electron chi connectivity index (χ3n) is 10.0. The normalized spacial score (nSPS) is 46.7. The van der Waals surface area contributed by atoms with Gasteiger partial charge in [-0.15, -0.1) is 0 Å². The summed E-state index contributed by atoms with van der Waals surface area (Å²) >= 11 is 0. The van der Waals surface area contributed by atoms with Crippen molar-refractivity contribution < 1.29 is 9.53 Å². The maximum absolute atomic E-state index is 12.4. The summed E-state index contributed by atoms with van der Waals surface area (Å²) in [6.45, 7) is 8.03. The second kappa shape index (κ2) is 7.22. The monoisotopic (exact) mass is 394 g/mol. The van der Waals surface area contributed by atoms with Crippen molar-refractivity contribution in [2.45, 2.75) is 84.8 Å². The fourth-order valence-corrected chi connectivity index (χ4v) is 8.40. The molecule has 4 saturated carbocycles. The Morgan fingerprint density at radius 1 is 0.966 bits per heavy atom. The first-order chi connectivity index (χ1) is 13.9. The van der Waals surface area contributed by atoms with Crippen molar-refractivity contribution in [1.82, 2.24) is 0 Å². The molecule has 0 heterocycles. The summed E-state index contributed by atoms with van der Waals surface area (Å²) in [6, 6.07) is 10.7. The van der Waals surface area contributed by atoms with E-state index in [-0.39, 0.29) is 5.92 Å². The Balaban J connectivity index is 1.33. The van der Waals surface area contributed by atoms with Gasteiger partial charge < -0.3 is 4.74 Å². The van der Waals surface area contributed by atoms with Crippen LogP contribution in [0, 0.1) is 40.4 Å². The summed E-state index contributed by atoms with van der Waals surface area (Å²) in [6.07, 6.45) is 10.2. The molecule has 4 fully saturated rings. The Hall–Kier alpha value is -1.15. The lowest BCUT2D eigenvalue weighted by molar-refractivity contribution is -0.152. The quantitative estimate of drug-likeness (QED) is 0.590. The van der Waals surface area contributed by atoms with E-state index in [9.17, 15) is 4.79 Å². The fourth-order valence-electron chi connectivity index (χ4n) is 8.40. The summed E-state index contributed by atoms with van der Waals surface area (Å²) in [5, 5.41) is 0. The van der Waals surface area contributed by atoms with Gasteiger partial charge in [0, 0.05) is 12.3 Å². The number of hydrogen-bond acceptors (Lipinski definition) is 2. The summed E-state index contributed by atoms with van der Waals surface area (Å²) in [5.74, 6) is 3.93. The van der Waals surface area contributed by atoms with E-state index in [1.807, 2.05) is 0 Å². The van der Waals surface area contributed by atoms with Crippen molar-refractivity contribution in [2.24, 2.45) is 40.4 Å². The molecule has 0 saturated heterocycles. The smallest absolute Gasteiger partial charge is 0.136 e. The van der Waals surface area contributed by atoms with Gasteiger partial charge in [-0.1, -0.05) is 51.1 Å². The van der Waals surface area contributed by atoms with Crippen LogP contribution >= 0.6 is 0 Å². The molecule has 8 atom stereocenters. The summed E-state index contributed by atoms with van der Waals surface area (Å²) in [5.41, 5.74) is 2.03. The lowest BCUT2D eigenvalue weighted by Crippen LogP contribution is -2.55. The number of ketones is 1. The van der Waals surface area contributed by atoms with Crippen LogP contribution in [0.5, 0.6) is 0 Å². The van der Waals surface area contributed by atoms with E-state index in [4.69, 9.17) is 4.74 Å². The van der Waals surface area contributed by atoms with Gasteiger partial charge in [-0.2, -0.15) is 0 Å². The SMILES string of the molecule is C[C@@H]1C[C@@]2(C)[C@@H](CC[C@@H]3[C@@H]2CC[C@]2(C)[C@@H](OCc4ccccc4)CC[C@@H]32)CC1=O. The van der Waals surface area contributed by atoms with Gasteiger partial charge in [-0.3, -0.25) is 4.79 Å². The average molecular weight is 395 g/mol. The lowest BCUT2D eigenvalue weighted by Gasteiger charge is -2.60. The molecule has 1 aromatic carbocycles. The summed E-state index contributed by atoms with van der Waals surface area (Å²) in [7, 11) is 0. The Bertz CT molecular complexity index is 757. The van der Waals surface area contributed by atoms with Gasteiger partial charge in [0.05, 0.1) is 12.7 Å². The number of hydrogen-bond donors (Lipinski definition) is 0. The number of benzene rings is 1. The van der Waals surface area contributed by atoms with Crippen molar-refractivity contribution in [3.8, 4) is 0 Å². The number of Topliss-reactive ketones (excluding diaryl/α,β-unsaturated/α-hetero) is 1. The van der Waals surface area contributed by atoms with Crippen LogP contribution in [-0.4, -0.2) is 11.9 Å². The van der Waals surface area contributed by atoms with Crippen LogP contribution < -0.4 is 0 Å². The Labute approximate surface area is 176 Å². The van der Waals surface area contributed by atoms with Gasteiger partial charge in [0.2, 0.25) is 0 Å². The fraction of sp³-hybridized carbons (Fsp3) is 0.741. The topological polar surface area (TPSA) is 26.3 Å². The molecular weight excluding hydrogens is 356 g/mol. The van der Waals surface area contributed by atoms with E-state index >= 15 is 0 Å². The molecule has 4 aliphatic carbocycles. The molecule has 0 aliphatic heterocycles. The maximum Gasteiger partial charge on any atom is 0.136 e. The predicted octanol–water partition coefficient (Wildman–Crippen LogP) is 6.43. The minimum atomic E-state index is 0.272. The van der Waals surface area contributed by atoms with Crippen LogP contribution in [-0.2, 0) is 16.1 Å². The zero-order valence-corrected chi connectivity index (χ0v) is 18.5. The average Bonchev–Trinajstić information content (AvgIpc) is 3.05. The Morgan fingerprint density at radius 3 is 2.52 bits per heavy atom. The molecule has 1 aromatic rings. The highest BCUT2D eigenvalue weighted by Crippen LogP contribution is 2.66. The van der Waals surface area contributed by atoms with Crippen molar-refractivity contribution in [2.75, 3.05) is 0 Å². The second-order valence-corrected chi connectivity index (χ2v) is 11.3. The minimum Gasteiger partial charge on any atom is -0.373 e. The van der Waals surface area contributed by atoms with Gasteiger partial charge in [-0.05, 0) is 85.0 Å². The molecule has 0 spiro atoms. The first-order valence-corrected chi connectivity index (χ1v) is 12.1. The zero-order chi connectivity index (χ0) is 20.2. The maximum atomic E-state index is 12.4. The highest BCUT2D eigenvalue weighted by atomic mass is 16.5. The number of ether oxygens (including phenoxy) is 1. The highest BCUT2D eigenvalue weighted by Gasteiger charge is 2.61. The van der Waals surface area contributed by atoms with Gasteiger partial charge in [0.1, 0.15) is 5.78 Å². The second-order valence-electron chi connectivity index (χ2n) is 11.3. The van der Waals surface area contributed by atoms with Crippen LogP contribution in [0.25, 0.3) is 0 Å². The van der Waals surface area contributed by atoms with Crippen molar-refractivity contribution >= 4 is 5.78 Å². The predicted molar refractivity (Wildman–Crippen MR) is 116 cm³/mol. The number of rotatable bonds is 3. The van der Waals surface area contributed by atoms with Crippen molar-refractivity contribution in [1.29, 1.82) is 0 Å². The van der Waals surface area contributed by atoms with Crippen LogP contribution in [0.4, 0.5) is 0 Å². The van der Waals surface area contributed by atoms with Crippen LogP contribution in [0.3, 0.4) is 0 Å². The van der Waals surface area contributed by atoms with Crippen LogP contribution in [0.15, 0.2) is 30.3 Å². The third-order valence-corrected chi connectivity index (χ3v) is 10.0. The van der Waals surface area contributed by atoms with Gasteiger partial charge in [0.25, 0.3) is 0 Å². The molecule has 158 valence electrons. The van der Waals surface area contributed by atoms with E-state index in [1.54, 1.807) is 0 Å². The van der Waals surface area contributed by atoms with E-state index in [1.165, 1.54) is 44.1 Å². The highest BCUT2D eigenvalue weighted by molar-refractivity contribution is 5.82. The standard InChI is InChI=1S/C27H38O2/c1-18-16-27(3)20(15-24(18)28)9-10-21-22-11-12-25(26(22,2)14-13-23(21)27)29-17-19-7-5-4-6-8-19/h4-8,18,20-23,25H,9-17H2,1-3H3/t18-,20+,21+,22+,23+,25+,26+,27+/m1/s1. The molecular formula is C27H38O2. The van der Waals surface area contributed by atoms with E-state index in [2.05, 4.69) is 51.1 Å². The van der Waals surface area contributed by atoms with E-state index in [0.29, 0.717) is 28.6 Å². The Kier molecular flexibility index (Phi) is 4.93. The zero-order valence-electron chi connectivity index (χ0n) is 18.5. The number of carbonyl (C=O) groups excluding carboxylic acids is 1. The molecule has 29 heavy (non-hydrogen) atoms. The van der Waals surface area contributed by atoms with Crippen molar-refractivity contribution in [3.63, 3.8) is 0 Å². The molecule has 4 aliphatic rings. The molecule has 5 rings (SSSR count). The molecule has 2 heteroatoms. The molecule has 2 nitrogen and oxygen atoms in total.